The van der Waals surface area contributed by atoms with Crippen molar-refractivity contribution in [2.45, 2.75) is 18.9 Å². The van der Waals surface area contributed by atoms with Gasteiger partial charge in [0.1, 0.15) is 11.9 Å². The maximum Gasteiger partial charge on any atom is 0.169 e. The van der Waals surface area contributed by atoms with Gasteiger partial charge in [0.15, 0.2) is 11.6 Å². The molecule has 0 saturated carbocycles. The normalized spacial score (nSPS) is 19.9. The van der Waals surface area contributed by atoms with Gasteiger partial charge in [0.05, 0.1) is 0 Å². The van der Waals surface area contributed by atoms with Crippen molar-refractivity contribution in [3.8, 4) is 17.1 Å². The molecule has 0 spiro atoms. The van der Waals surface area contributed by atoms with E-state index < -0.39 is 0 Å². The molecule has 2 aromatic rings. The van der Waals surface area contributed by atoms with Crippen LogP contribution in [0.15, 0.2) is 34.9 Å². The fourth-order valence-corrected chi connectivity index (χ4v) is 2.53. The van der Waals surface area contributed by atoms with E-state index in [2.05, 4.69) is 17.1 Å². The number of hydrogen-bond donors (Lipinski definition) is 1. The van der Waals surface area contributed by atoms with Crippen LogP contribution in [0.25, 0.3) is 11.3 Å². The Kier molecular flexibility index (Phi) is 3.60. The second-order valence-corrected chi connectivity index (χ2v) is 5.28. The van der Waals surface area contributed by atoms with Crippen molar-refractivity contribution in [2.75, 3.05) is 25.9 Å². The van der Waals surface area contributed by atoms with E-state index >= 15 is 0 Å². The molecule has 5 heteroatoms. The predicted molar refractivity (Wildman–Crippen MR) is 77.5 cm³/mol. The SMILES string of the molecule is CN1CCCC(Oc2ccc(-c3cc(N)no3)cc2)C1. The third kappa shape index (κ3) is 2.93. The van der Waals surface area contributed by atoms with Gasteiger partial charge in [-0.3, -0.25) is 0 Å². The van der Waals surface area contributed by atoms with Crippen LogP contribution in [-0.4, -0.2) is 36.3 Å². The molecule has 1 atom stereocenters. The lowest BCUT2D eigenvalue weighted by Gasteiger charge is -2.30. The summed E-state index contributed by atoms with van der Waals surface area (Å²) in [6.45, 7) is 2.14. The van der Waals surface area contributed by atoms with Gasteiger partial charge in [0.25, 0.3) is 0 Å². The molecule has 1 fully saturated rings. The minimum Gasteiger partial charge on any atom is -0.489 e. The highest BCUT2D eigenvalue weighted by atomic mass is 16.5. The Balaban J connectivity index is 1.67. The van der Waals surface area contributed by atoms with Gasteiger partial charge in [-0.05, 0) is 50.7 Å². The molecule has 0 aliphatic carbocycles. The average Bonchev–Trinajstić information content (AvgIpc) is 2.86. The molecule has 0 amide bonds. The van der Waals surface area contributed by atoms with Gasteiger partial charge in [-0.2, -0.15) is 0 Å². The van der Waals surface area contributed by atoms with E-state index in [1.807, 2.05) is 24.3 Å². The third-order valence-electron chi connectivity index (χ3n) is 3.55. The Morgan fingerprint density at radius 2 is 2.15 bits per heavy atom. The lowest BCUT2D eigenvalue weighted by Crippen LogP contribution is -2.38. The summed E-state index contributed by atoms with van der Waals surface area (Å²) in [7, 11) is 2.13. The largest absolute Gasteiger partial charge is 0.489 e. The third-order valence-corrected chi connectivity index (χ3v) is 3.55. The van der Waals surface area contributed by atoms with Crippen LogP contribution >= 0.6 is 0 Å². The van der Waals surface area contributed by atoms with Crippen LogP contribution in [0.1, 0.15) is 12.8 Å². The Bertz CT molecular complexity index is 565. The topological polar surface area (TPSA) is 64.5 Å². The number of benzene rings is 1. The van der Waals surface area contributed by atoms with Crippen molar-refractivity contribution in [3.05, 3.63) is 30.3 Å². The summed E-state index contributed by atoms with van der Waals surface area (Å²) in [4.78, 5) is 2.31. The minimum absolute atomic E-state index is 0.278. The molecule has 0 radical (unpaired) electrons. The number of likely N-dealkylation sites (tertiary alicyclic amines) is 1. The summed E-state index contributed by atoms with van der Waals surface area (Å²) >= 11 is 0. The molecule has 5 nitrogen and oxygen atoms in total. The molecule has 1 unspecified atom stereocenters. The van der Waals surface area contributed by atoms with Crippen LogP contribution in [0.5, 0.6) is 5.75 Å². The molecule has 1 aliphatic heterocycles. The number of aromatic nitrogens is 1. The molecule has 3 rings (SSSR count). The van der Waals surface area contributed by atoms with Crippen LogP contribution in [0.3, 0.4) is 0 Å². The van der Waals surface area contributed by atoms with Gasteiger partial charge >= 0.3 is 0 Å². The Hall–Kier alpha value is -2.01. The number of rotatable bonds is 3. The van der Waals surface area contributed by atoms with Crippen LogP contribution in [0, 0.1) is 0 Å². The van der Waals surface area contributed by atoms with Gasteiger partial charge in [0, 0.05) is 18.2 Å². The predicted octanol–water partition coefficient (Wildman–Crippen LogP) is 2.40. The highest BCUT2D eigenvalue weighted by Crippen LogP contribution is 2.25. The van der Waals surface area contributed by atoms with Crippen LogP contribution in [-0.2, 0) is 0 Å². The quantitative estimate of drug-likeness (QED) is 0.930. The lowest BCUT2D eigenvalue weighted by atomic mass is 10.1. The first-order valence-electron chi connectivity index (χ1n) is 6.88. The second-order valence-electron chi connectivity index (χ2n) is 5.28. The van der Waals surface area contributed by atoms with Gasteiger partial charge in [0.2, 0.25) is 0 Å². The smallest absolute Gasteiger partial charge is 0.169 e. The summed E-state index contributed by atoms with van der Waals surface area (Å²) < 4.78 is 11.1. The van der Waals surface area contributed by atoms with Crippen molar-refractivity contribution in [1.82, 2.24) is 10.1 Å². The number of likely N-dealkylation sites (N-methyl/N-ethyl adjacent to an activating group) is 1. The molecule has 1 saturated heterocycles. The van der Waals surface area contributed by atoms with E-state index in [0.29, 0.717) is 11.6 Å². The number of nitrogen functional groups attached to an aromatic ring is 1. The Labute approximate surface area is 118 Å². The fraction of sp³-hybridized carbons (Fsp3) is 0.400. The minimum atomic E-state index is 0.278. The number of nitrogens with two attached hydrogens (primary N) is 1. The lowest BCUT2D eigenvalue weighted by molar-refractivity contribution is 0.104. The zero-order chi connectivity index (χ0) is 13.9. The first kappa shape index (κ1) is 13.0. The Morgan fingerprint density at radius 3 is 2.80 bits per heavy atom. The summed E-state index contributed by atoms with van der Waals surface area (Å²) in [5, 5.41) is 3.68. The summed E-state index contributed by atoms with van der Waals surface area (Å²) in [6.07, 6.45) is 2.59. The van der Waals surface area contributed by atoms with Crippen molar-refractivity contribution in [2.24, 2.45) is 0 Å². The highest BCUT2D eigenvalue weighted by molar-refractivity contribution is 5.60. The molecule has 20 heavy (non-hydrogen) atoms. The number of anilines is 1. The molecule has 1 aromatic carbocycles. The zero-order valence-electron chi connectivity index (χ0n) is 11.6. The van der Waals surface area contributed by atoms with E-state index in [9.17, 15) is 0 Å². The molecule has 0 bridgehead atoms. The average molecular weight is 273 g/mol. The zero-order valence-corrected chi connectivity index (χ0v) is 11.6. The molecule has 1 aromatic heterocycles. The van der Waals surface area contributed by atoms with Crippen LogP contribution < -0.4 is 10.5 Å². The van der Waals surface area contributed by atoms with E-state index in [0.717, 1.165) is 30.8 Å². The first-order valence-corrected chi connectivity index (χ1v) is 6.88. The van der Waals surface area contributed by atoms with E-state index in [-0.39, 0.29) is 6.10 Å². The second kappa shape index (κ2) is 5.54. The van der Waals surface area contributed by atoms with Crippen LogP contribution in [0.2, 0.25) is 0 Å². The van der Waals surface area contributed by atoms with Gasteiger partial charge < -0.3 is 19.9 Å². The first-order chi connectivity index (χ1) is 9.70. The van der Waals surface area contributed by atoms with E-state index in [1.165, 1.54) is 6.42 Å². The molecule has 106 valence electrons. The molecular formula is C15H19N3O2. The van der Waals surface area contributed by atoms with Crippen molar-refractivity contribution in [3.63, 3.8) is 0 Å². The number of ether oxygens (including phenoxy) is 1. The standard InChI is InChI=1S/C15H19N3O2/c1-18-8-2-3-13(10-18)19-12-6-4-11(5-7-12)14-9-15(16)17-20-14/h4-7,9,13H,2-3,8,10H2,1H3,(H2,16,17). The number of nitrogens with zero attached hydrogens (tertiary/aromatic N) is 2. The van der Waals surface area contributed by atoms with Gasteiger partial charge in [-0.25, -0.2) is 0 Å². The molecule has 1 aliphatic rings. The van der Waals surface area contributed by atoms with Gasteiger partial charge in [-0.1, -0.05) is 5.16 Å². The van der Waals surface area contributed by atoms with Crippen LogP contribution in [0.4, 0.5) is 5.82 Å². The molecule has 2 heterocycles. The number of hydrogen-bond acceptors (Lipinski definition) is 5. The Morgan fingerprint density at radius 1 is 1.35 bits per heavy atom. The summed E-state index contributed by atoms with van der Waals surface area (Å²) in [5.74, 6) is 1.96. The van der Waals surface area contributed by atoms with Crippen molar-refractivity contribution < 1.29 is 9.26 Å². The monoisotopic (exact) mass is 273 g/mol. The molecule has 2 N–H and O–H groups in total. The summed E-state index contributed by atoms with van der Waals surface area (Å²) in [6, 6.07) is 9.56. The van der Waals surface area contributed by atoms with E-state index in [4.69, 9.17) is 15.0 Å². The highest BCUT2D eigenvalue weighted by Gasteiger charge is 2.18. The maximum absolute atomic E-state index is 6.01. The molecular weight excluding hydrogens is 254 g/mol. The summed E-state index contributed by atoms with van der Waals surface area (Å²) in [5.41, 5.74) is 6.49. The fourth-order valence-electron chi connectivity index (χ4n) is 2.53. The van der Waals surface area contributed by atoms with E-state index in [1.54, 1.807) is 6.07 Å². The van der Waals surface area contributed by atoms with Crippen molar-refractivity contribution >= 4 is 5.82 Å². The van der Waals surface area contributed by atoms with Gasteiger partial charge in [-0.15, -0.1) is 0 Å². The maximum atomic E-state index is 6.01. The number of piperidine rings is 1. The van der Waals surface area contributed by atoms with Crippen molar-refractivity contribution in [1.29, 1.82) is 0 Å².